The van der Waals surface area contributed by atoms with E-state index < -0.39 is 11.9 Å². The predicted molar refractivity (Wildman–Crippen MR) is 66.8 cm³/mol. The van der Waals surface area contributed by atoms with Gasteiger partial charge in [0.15, 0.2) is 0 Å². The van der Waals surface area contributed by atoms with Crippen molar-refractivity contribution in [2.45, 2.75) is 27.2 Å². The van der Waals surface area contributed by atoms with Gasteiger partial charge >= 0.3 is 12.0 Å². The monoisotopic (exact) mass is 242 g/mol. The molecule has 1 atom stereocenters. The first-order chi connectivity index (χ1) is 7.82. The molecule has 0 aromatic heterocycles. The van der Waals surface area contributed by atoms with Crippen LogP contribution in [-0.2, 0) is 4.79 Å². The Morgan fingerprint density at radius 3 is 2.29 bits per heavy atom. The molecule has 5 heteroatoms. The molecular weight excluding hydrogens is 220 g/mol. The van der Waals surface area contributed by atoms with E-state index in [2.05, 4.69) is 17.2 Å². The summed E-state index contributed by atoms with van der Waals surface area (Å²) in [5.74, 6) is -1.12. The Kier molecular flexibility index (Phi) is 7.02. The highest BCUT2D eigenvalue weighted by atomic mass is 16.4. The molecule has 0 radical (unpaired) electrons. The Labute approximate surface area is 102 Å². The molecule has 0 aromatic rings. The lowest BCUT2D eigenvalue weighted by Crippen LogP contribution is -2.40. The van der Waals surface area contributed by atoms with Crippen LogP contribution in [0, 0.1) is 11.8 Å². The summed E-state index contributed by atoms with van der Waals surface area (Å²) in [5.41, 5.74) is 0.845. The Morgan fingerprint density at radius 2 is 1.88 bits per heavy atom. The van der Waals surface area contributed by atoms with Crippen molar-refractivity contribution in [3.8, 4) is 0 Å². The number of carboxylic acid groups (broad SMARTS) is 1. The molecule has 0 aliphatic rings. The summed E-state index contributed by atoms with van der Waals surface area (Å²) in [7, 11) is 0. The molecule has 1 unspecified atom stereocenters. The van der Waals surface area contributed by atoms with Crippen molar-refractivity contribution in [3.63, 3.8) is 0 Å². The highest BCUT2D eigenvalue weighted by Crippen LogP contribution is 2.10. The van der Waals surface area contributed by atoms with Crippen LogP contribution in [0.4, 0.5) is 4.79 Å². The molecule has 0 spiro atoms. The minimum absolute atomic E-state index is 0.148. The van der Waals surface area contributed by atoms with Crippen LogP contribution in [0.15, 0.2) is 12.2 Å². The van der Waals surface area contributed by atoms with Crippen molar-refractivity contribution in [3.05, 3.63) is 12.2 Å². The van der Waals surface area contributed by atoms with Gasteiger partial charge in [0.25, 0.3) is 0 Å². The van der Waals surface area contributed by atoms with Gasteiger partial charge in [0.2, 0.25) is 0 Å². The molecule has 3 N–H and O–H groups in total. The number of amides is 2. The van der Waals surface area contributed by atoms with Crippen LogP contribution >= 0.6 is 0 Å². The minimum atomic E-state index is -0.876. The van der Waals surface area contributed by atoms with Gasteiger partial charge in [-0.15, -0.1) is 0 Å². The third kappa shape index (κ3) is 8.30. The number of hydrogen-bond donors (Lipinski definition) is 3. The minimum Gasteiger partial charge on any atom is -0.481 e. The average Bonchev–Trinajstić information content (AvgIpc) is 2.20. The van der Waals surface area contributed by atoms with Crippen LogP contribution in [-0.4, -0.2) is 30.2 Å². The lowest BCUT2D eigenvalue weighted by molar-refractivity contribution is -0.142. The number of hydrogen-bond acceptors (Lipinski definition) is 2. The number of carbonyl (C=O) groups is 2. The van der Waals surface area contributed by atoms with E-state index in [1.54, 1.807) is 6.92 Å². The van der Waals surface area contributed by atoms with E-state index in [0.717, 1.165) is 5.57 Å². The fourth-order valence-corrected chi connectivity index (χ4v) is 1.35. The summed E-state index contributed by atoms with van der Waals surface area (Å²) in [4.78, 5) is 22.2. The van der Waals surface area contributed by atoms with E-state index >= 15 is 0 Å². The molecule has 0 aromatic carbocycles. The lowest BCUT2D eigenvalue weighted by Gasteiger charge is -2.15. The molecule has 98 valence electrons. The number of carboxylic acids is 1. The van der Waals surface area contributed by atoms with E-state index in [1.165, 1.54) is 0 Å². The Hall–Kier alpha value is -1.52. The zero-order chi connectivity index (χ0) is 13.4. The second kappa shape index (κ2) is 7.70. The summed E-state index contributed by atoms with van der Waals surface area (Å²) in [6, 6.07) is -0.358. The second-order valence-electron chi connectivity index (χ2n) is 4.69. The Balaban J connectivity index is 3.99. The molecule has 0 heterocycles. The molecular formula is C12H22N2O3. The SMILES string of the molecule is C=C(C)CNC(=O)NCC(CC(C)C)C(=O)O. The third-order valence-corrected chi connectivity index (χ3v) is 2.16. The molecule has 5 nitrogen and oxygen atoms in total. The van der Waals surface area contributed by atoms with Crippen molar-refractivity contribution >= 4 is 12.0 Å². The molecule has 0 saturated heterocycles. The lowest BCUT2D eigenvalue weighted by atomic mass is 9.97. The largest absolute Gasteiger partial charge is 0.481 e. The van der Waals surface area contributed by atoms with E-state index in [0.29, 0.717) is 13.0 Å². The summed E-state index contributed by atoms with van der Waals surface area (Å²) < 4.78 is 0. The molecule has 0 bridgehead atoms. The predicted octanol–water partition coefficient (Wildman–Crippen LogP) is 1.61. The quantitative estimate of drug-likeness (QED) is 0.593. The van der Waals surface area contributed by atoms with Crippen molar-refractivity contribution < 1.29 is 14.7 Å². The molecule has 0 saturated carbocycles. The fourth-order valence-electron chi connectivity index (χ4n) is 1.35. The first-order valence-corrected chi connectivity index (χ1v) is 5.71. The molecule has 0 fully saturated rings. The zero-order valence-electron chi connectivity index (χ0n) is 10.7. The summed E-state index contributed by atoms with van der Waals surface area (Å²) >= 11 is 0. The maximum Gasteiger partial charge on any atom is 0.315 e. The van der Waals surface area contributed by atoms with Crippen molar-refractivity contribution in [1.29, 1.82) is 0 Å². The fraction of sp³-hybridized carbons (Fsp3) is 0.667. The van der Waals surface area contributed by atoms with E-state index in [-0.39, 0.29) is 18.5 Å². The van der Waals surface area contributed by atoms with Gasteiger partial charge in [0, 0.05) is 13.1 Å². The summed E-state index contributed by atoms with van der Waals surface area (Å²) in [5, 5.41) is 14.1. The van der Waals surface area contributed by atoms with Crippen molar-refractivity contribution in [1.82, 2.24) is 10.6 Å². The highest BCUT2D eigenvalue weighted by molar-refractivity contribution is 5.76. The van der Waals surface area contributed by atoms with Gasteiger partial charge < -0.3 is 15.7 Å². The molecule has 0 aliphatic heterocycles. The summed E-state index contributed by atoms with van der Waals surface area (Å²) in [6.45, 7) is 9.91. The van der Waals surface area contributed by atoms with Crippen LogP contribution in [0.2, 0.25) is 0 Å². The van der Waals surface area contributed by atoms with Crippen LogP contribution < -0.4 is 10.6 Å². The maximum absolute atomic E-state index is 11.3. The smallest absolute Gasteiger partial charge is 0.315 e. The first-order valence-electron chi connectivity index (χ1n) is 5.71. The third-order valence-electron chi connectivity index (χ3n) is 2.16. The van der Waals surface area contributed by atoms with Crippen LogP contribution in [0.5, 0.6) is 0 Å². The van der Waals surface area contributed by atoms with E-state index in [1.807, 2.05) is 13.8 Å². The zero-order valence-corrected chi connectivity index (χ0v) is 10.7. The number of nitrogens with one attached hydrogen (secondary N) is 2. The van der Waals surface area contributed by atoms with Gasteiger partial charge in [0.05, 0.1) is 5.92 Å². The molecule has 2 amide bonds. The first kappa shape index (κ1) is 15.5. The van der Waals surface area contributed by atoms with Gasteiger partial charge in [-0.25, -0.2) is 4.79 Å². The number of aliphatic carboxylic acids is 1. The second-order valence-corrected chi connectivity index (χ2v) is 4.69. The molecule has 0 rings (SSSR count). The van der Waals surface area contributed by atoms with Crippen LogP contribution in [0.25, 0.3) is 0 Å². The average molecular weight is 242 g/mol. The topological polar surface area (TPSA) is 78.4 Å². The van der Waals surface area contributed by atoms with E-state index in [4.69, 9.17) is 5.11 Å². The van der Waals surface area contributed by atoms with Gasteiger partial charge in [-0.3, -0.25) is 4.79 Å². The van der Waals surface area contributed by atoms with Crippen LogP contribution in [0.3, 0.4) is 0 Å². The number of carbonyl (C=O) groups excluding carboxylic acids is 1. The molecule has 0 aliphatic carbocycles. The van der Waals surface area contributed by atoms with Gasteiger partial charge in [-0.05, 0) is 19.3 Å². The normalized spacial score (nSPS) is 12.0. The van der Waals surface area contributed by atoms with Gasteiger partial charge in [0.1, 0.15) is 0 Å². The Morgan fingerprint density at radius 1 is 1.29 bits per heavy atom. The van der Waals surface area contributed by atoms with Crippen LogP contribution in [0.1, 0.15) is 27.2 Å². The van der Waals surface area contributed by atoms with Gasteiger partial charge in [-0.2, -0.15) is 0 Å². The number of rotatable bonds is 7. The maximum atomic E-state index is 11.3. The van der Waals surface area contributed by atoms with Crippen molar-refractivity contribution in [2.24, 2.45) is 11.8 Å². The van der Waals surface area contributed by atoms with E-state index in [9.17, 15) is 9.59 Å². The highest BCUT2D eigenvalue weighted by Gasteiger charge is 2.19. The van der Waals surface area contributed by atoms with Crippen molar-refractivity contribution in [2.75, 3.05) is 13.1 Å². The number of urea groups is 1. The standard InChI is InChI=1S/C12H22N2O3/c1-8(2)5-10(11(15)16)7-14-12(17)13-6-9(3)4/h8,10H,3,5-7H2,1-2,4H3,(H,15,16)(H2,13,14,17). The molecule has 17 heavy (non-hydrogen) atoms. The Bertz CT molecular complexity index is 287. The summed E-state index contributed by atoms with van der Waals surface area (Å²) in [6.07, 6.45) is 0.552. The van der Waals surface area contributed by atoms with Gasteiger partial charge in [-0.1, -0.05) is 26.0 Å².